The molecule has 0 aliphatic heterocycles. The van der Waals surface area contributed by atoms with Crippen molar-refractivity contribution in [2.24, 2.45) is 11.7 Å². The highest BCUT2D eigenvalue weighted by Gasteiger charge is 2.20. The Balaban J connectivity index is 3.99. The fraction of sp³-hybridized carbons (Fsp3) is 0.600. The fourth-order valence-corrected chi connectivity index (χ4v) is 0.498. The van der Waals surface area contributed by atoms with Gasteiger partial charge >= 0.3 is 5.97 Å². The summed E-state index contributed by atoms with van der Waals surface area (Å²) >= 11 is 0. The molecular weight excluding hydrogens is 122 g/mol. The molecule has 0 rings (SSSR count). The molecule has 0 fully saturated rings. The Kier molecular flexibility index (Phi) is 2.70. The topological polar surface area (TPSA) is 80.4 Å². The van der Waals surface area contributed by atoms with Gasteiger partial charge in [0.1, 0.15) is 5.92 Å². The number of carboxylic acid groups (broad SMARTS) is 1. The third kappa shape index (κ3) is 2.12. The van der Waals surface area contributed by atoms with Gasteiger partial charge in [0.2, 0.25) is 5.91 Å². The molecule has 3 N–H and O–H groups in total. The first-order valence-corrected chi connectivity index (χ1v) is 2.61. The molecular formula is C5H9NO3. The van der Waals surface area contributed by atoms with E-state index in [9.17, 15) is 9.59 Å². The number of carboxylic acids is 1. The second-order valence-electron chi connectivity index (χ2n) is 1.70. The van der Waals surface area contributed by atoms with Crippen LogP contribution in [0.3, 0.4) is 0 Å². The molecule has 0 aromatic carbocycles. The van der Waals surface area contributed by atoms with E-state index in [2.05, 4.69) is 0 Å². The summed E-state index contributed by atoms with van der Waals surface area (Å²) in [5.41, 5.74) is 4.73. The molecule has 0 saturated heterocycles. The Morgan fingerprint density at radius 3 is 2.11 bits per heavy atom. The van der Waals surface area contributed by atoms with Gasteiger partial charge in [0.05, 0.1) is 0 Å². The molecule has 0 saturated carbocycles. The number of hydrogen-bond donors (Lipinski definition) is 2. The fourth-order valence-electron chi connectivity index (χ4n) is 0.498. The Bertz CT molecular complexity index is 118. The number of rotatable bonds is 3. The third-order valence-electron chi connectivity index (χ3n) is 1.05. The lowest BCUT2D eigenvalue weighted by Gasteiger charge is -2.01. The standard InChI is InChI=1S/C5H9NO3/c1-2-3(4(6)7)5(8)9/h3H,2H2,1H3,(H2,6,7)(H,8,9). The largest absolute Gasteiger partial charge is 0.481 e. The first-order valence-electron chi connectivity index (χ1n) is 2.61. The molecule has 52 valence electrons. The van der Waals surface area contributed by atoms with Gasteiger partial charge in [0, 0.05) is 0 Å². The second kappa shape index (κ2) is 3.06. The molecule has 0 radical (unpaired) electrons. The van der Waals surface area contributed by atoms with Gasteiger partial charge in [-0.25, -0.2) is 0 Å². The maximum absolute atomic E-state index is 10.2. The van der Waals surface area contributed by atoms with E-state index >= 15 is 0 Å². The van der Waals surface area contributed by atoms with E-state index in [4.69, 9.17) is 10.8 Å². The van der Waals surface area contributed by atoms with Crippen molar-refractivity contribution in [3.05, 3.63) is 0 Å². The normalized spacial score (nSPS) is 12.6. The molecule has 9 heavy (non-hydrogen) atoms. The lowest BCUT2D eigenvalue weighted by molar-refractivity contribution is -0.146. The number of hydrogen-bond acceptors (Lipinski definition) is 2. The minimum atomic E-state index is -1.15. The molecule has 0 aromatic heterocycles. The van der Waals surface area contributed by atoms with Gasteiger partial charge in [0.25, 0.3) is 0 Å². The van der Waals surface area contributed by atoms with Crippen molar-refractivity contribution in [2.75, 3.05) is 0 Å². The first kappa shape index (κ1) is 7.94. The van der Waals surface area contributed by atoms with E-state index < -0.39 is 17.8 Å². The van der Waals surface area contributed by atoms with Gasteiger partial charge in [-0.3, -0.25) is 9.59 Å². The summed E-state index contributed by atoms with van der Waals surface area (Å²) in [7, 11) is 0. The molecule has 0 spiro atoms. The summed E-state index contributed by atoms with van der Waals surface area (Å²) in [5.74, 6) is -2.94. The van der Waals surface area contributed by atoms with Gasteiger partial charge in [-0.15, -0.1) is 0 Å². The van der Waals surface area contributed by atoms with Crippen LogP contribution in [0.5, 0.6) is 0 Å². The van der Waals surface area contributed by atoms with E-state index in [-0.39, 0.29) is 6.42 Å². The minimum Gasteiger partial charge on any atom is -0.481 e. The molecule has 0 heterocycles. The minimum absolute atomic E-state index is 0.255. The van der Waals surface area contributed by atoms with E-state index in [1.165, 1.54) is 0 Å². The zero-order chi connectivity index (χ0) is 7.44. The summed E-state index contributed by atoms with van der Waals surface area (Å²) in [6.07, 6.45) is 0.255. The number of carbonyl (C=O) groups excluding carboxylic acids is 1. The van der Waals surface area contributed by atoms with Crippen LogP contribution in [0.1, 0.15) is 13.3 Å². The van der Waals surface area contributed by atoms with Gasteiger partial charge in [-0.05, 0) is 6.42 Å². The van der Waals surface area contributed by atoms with E-state index in [1.54, 1.807) is 6.92 Å². The molecule has 1 amide bonds. The molecule has 0 aliphatic rings. The van der Waals surface area contributed by atoms with E-state index in [1.807, 2.05) is 0 Å². The number of carbonyl (C=O) groups is 2. The van der Waals surface area contributed by atoms with E-state index in [0.29, 0.717) is 0 Å². The van der Waals surface area contributed by atoms with Crippen LogP contribution in [0, 0.1) is 5.92 Å². The molecule has 1 unspecified atom stereocenters. The molecule has 4 heteroatoms. The van der Waals surface area contributed by atoms with Crippen LogP contribution in [0.15, 0.2) is 0 Å². The van der Waals surface area contributed by atoms with Crippen molar-refractivity contribution in [1.82, 2.24) is 0 Å². The highest BCUT2D eigenvalue weighted by molar-refractivity contribution is 5.95. The SMILES string of the molecule is CCC(C(N)=O)C(=O)O. The van der Waals surface area contributed by atoms with Crippen LogP contribution >= 0.6 is 0 Å². The van der Waals surface area contributed by atoms with Crippen molar-refractivity contribution in [2.45, 2.75) is 13.3 Å². The van der Waals surface area contributed by atoms with Crippen molar-refractivity contribution in [3.63, 3.8) is 0 Å². The van der Waals surface area contributed by atoms with Crippen LogP contribution in [-0.2, 0) is 9.59 Å². The lowest BCUT2D eigenvalue weighted by atomic mass is 10.1. The molecule has 0 aromatic rings. The van der Waals surface area contributed by atoms with Gasteiger partial charge in [-0.1, -0.05) is 6.92 Å². The predicted octanol–water partition coefficient (Wildman–Crippen LogP) is -0.418. The van der Waals surface area contributed by atoms with Crippen molar-refractivity contribution in [1.29, 1.82) is 0 Å². The summed E-state index contributed by atoms with van der Waals surface area (Å²) in [4.78, 5) is 20.3. The smallest absolute Gasteiger partial charge is 0.316 e. The Hall–Kier alpha value is -1.06. The molecule has 4 nitrogen and oxygen atoms in total. The summed E-state index contributed by atoms with van der Waals surface area (Å²) < 4.78 is 0. The van der Waals surface area contributed by atoms with Gasteiger partial charge in [-0.2, -0.15) is 0 Å². The van der Waals surface area contributed by atoms with Crippen LogP contribution in [0.2, 0.25) is 0 Å². The van der Waals surface area contributed by atoms with E-state index in [0.717, 1.165) is 0 Å². The van der Waals surface area contributed by atoms with Gasteiger partial charge in [0.15, 0.2) is 0 Å². The zero-order valence-corrected chi connectivity index (χ0v) is 5.13. The summed E-state index contributed by atoms with van der Waals surface area (Å²) in [5, 5.41) is 8.24. The summed E-state index contributed by atoms with van der Waals surface area (Å²) in [6, 6.07) is 0. The molecule has 0 aliphatic carbocycles. The average molecular weight is 131 g/mol. The lowest BCUT2D eigenvalue weighted by Crippen LogP contribution is -2.29. The maximum Gasteiger partial charge on any atom is 0.316 e. The predicted molar refractivity (Wildman–Crippen MR) is 30.6 cm³/mol. The highest BCUT2D eigenvalue weighted by Crippen LogP contribution is 1.99. The first-order chi connectivity index (χ1) is 4.09. The van der Waals surface area contributed by atoms with Crippen molar-refractivity contribution >= 4 is 11.9 Å². The zero-order valence-electron chi connectivity index (χ0n) is 5.13. The Morgan fingerprint density at radius 2 is 2.11 bits per heavy atom. The number of nitrogens with two attached hydrogens (primary N) is 1. The number of primary amides is 1. The summed E-state index contributed by atoms with van der Waals surface area (Å²) in [6.45, 7) is 1.60. The monoisotopic (exact) mass is 131 g/mol. The van der Waals surface area contributed by atoms with Gasteiger partial charge < -0.3 is 10.8 Å². The van der Waals surface area contributed by atoms with Crippen LogP contribution < -0.4 is 5.73 Å². The van der Waals surface area contributed by atoms with Crippen LogP contribution in [0.25, 0.3) is 0 Å². The third-order valence-corrected chi connectivity index (χ3v) is 1.05. The quantitative estimate of drug-likeness (QED) is 0.510. The van der Waals surface area contributed by atoms with Crippen molar-refractivity contribution < 1.29 is 14.7 Å². The number of aliphatic carboxylic acids is 1. The highest BCUT2D eigenvalue weighted by atomic mass is 16.4. The van der Waals surface area contributed by atoms with Crippen LogP contribution in [0.4, 0.5) is 0 Å². The van der Waals surface area contributed by atoms with Crippen molar-refractivity contribution in [3.8, 4) is 0 Å². The number of amides is 1. The maximum atomic E-state index is 10.2. The Morgan fingerprint density at radius 1 is 1.67 bits per heavy atom. The molecule has 0 bridgehead atoms. The second-order valence-corrected chi connectivity index (χ2v) is 1.70. The average Bonchev–Trinajstić information content (AvgIpc) is 1.64. The molecule has 1 atom stereocenters. The van der Waals surface area contributed by atoms with Crippen LogP contribution in [-0.4, -0.2) is 17.0 Å². The Labute approximate surface area is 52.7 Å².